The van der Waals surface area contributed by atoms with Gasteiger partial charge >= 0.3 is 11.9 Å². The highest BCUT2D eigenvalue weighted by molar-refractivity contribution is 5.98. The molecule has 0 aliphatic carbocycles. The van der Waals surface area contributed by atoms with Crippen LogP contribution in [0.15, 0.2) is 59.7 Å². The zero-order chi connectivity index (χ0) is 26.2. The average Bonchev–Trinajstić information content (AvgIpc) is 3.55. The number of methoxy groups -OCH3 is 2. The second-order valence-corrected chi connectivity index (χ2v) is 7.34. The van der Waals surface area contributed by atoms with Gasteiger partial charge in [0.1, 0.15) is 23.3 Å². The van der Waals surface area contributed by atoms with Crippen molar-refractivity contribution < 1.29 is 24.0 Å². The molecule has 0 radical (unpaired) electrons. The summed E-state index contributed by atoms with van der Waals surface area (Å²) in [7, 11) is 2.35. The number of aromatic nitrogens is 2. The van der Waals surface area contributed by atoms with Crippen molar-refractivity contribution in [2.45, 2.75) is 5.92 Å². The highest BCUT2D eigenvalue weighted by atomic mass is 16.6. The predicted octanol–water partition coefficient (Wildman–Crippen LogP) is 3.59. The van der Waals surface area contributed by atoms with Crippen LogP contribution in [0.3, 0.4) is 0 Å². The fourth-order valence-electron chi connectivity index (χ4n) is 3.48. The largest absolute Gasteiger partial charge is 0.465 e. The molecule has 11 nitrogen and oxygen atoms in total. The van der Waals surface area contributed by atoms with Crippen LogP contribution in [-0.2, 0) is 19.1 Å². The fraction of sp³-hybridized carbons (Fsp3) is 0.120. The van der Waals surface area contributed by atoms with Crippen LogP contribution in [0.25, 0.3) is 12.2 Å². The number of nitro groups is 1. The molecular weight excluding hydrogens is 466 g/mol. The van der Waals surface area contributed by atoms with Crippen LogP contribution in [-0.4, -0.2) is 41.0 Å². The molecule has 0 aliphatic heterocycles. The Balaban J connectivity index is 2.08. The number of ether oxygens (including phenoxy) is 2. The van der Waals surface area contributed by atoms with Crippen molar-refractivity contribution in [2.24, 2.45) is 0 Å². The van der Waals surface area contributed by atoms with Crippen molar-refractivity contribution in [3.05, 3.63) is 98.1 Å². The minimum atomic E-state index is -0.778. The molecule has 0 saturated carbocycles. The van der Waals surface area contributed by atoms with Gasteiger partial charge in [-0.05, 0) is 42.0 Å². The summed E-state index contributed by atoms with van der Waals surface area (Å²) in [5.74, 6) is -2.04. The summed E-state index contributed by atoms with van der Waals surface area (Å²) in [6.07, 6.45) is 2.70. The SMILES string of the molecule is COC(=O)C(C#N)=Cc1ccc(C(c2ccc([N+](=O)[O-])cc2)c2ccc(C=C(C#N)C(=O)OC)[nH]2)[nH]1. The van der Waals surface area contributed by atoms with Gasteiger partial charge in [0, 0.05) is 34.9 Å². The highest BCUT2D eigenvalue weighted by Crippen LogP contribution is 2.32. The first-order valence-electron chi connectivity index (χ1n) is 10.3. The van der Waals surface area contributed by atoms with Crippen molar-refractivity contribution in [1.82, 2.24) is 9.97 Å². The van der Waals surface area contributed by atoms with Gasteiger partial charge in [0.25, 0.3) is 5.69 Å². The quantitative estimate of drug-likeness (QED) is 0.160. The van der Waals surface area contributed by atoms with E-state index in [9.17, 15) is 30.2 Å². The number of nitrogens with one attached hydrogen (secondary N) is 2. The minimum absolute atomic E-state index is 0.0730. The first-order valence-corrected chi connectivity index (χ1v) is 10.3. The number of rotatable bonds is 8. The van der Waals surface area contributed by atoms with Crippen molar-refractivity contribution in [2.75, 3.05) is 14.2 Å². The number of carbonyl (C=O) groups is 2. The molecule has 36 heavy (non-hydrogen) atoms. The number of hydrogen-bond donors (Lipinski definition) is 2. The van der Waals surface area contributed by atoms with Gasteiger partial charge in [-0.1, -0.05) is 12.1 Å². The maximum atomic E-state index is 11.8. The summed E-state index contributed by atoms with van der Waals surface area (Å²) in [6, 6.07) is 16.4. The zero-order valence-electron chi connectivity index (χ0n) is 19.1. The molecule has 2 aromatic heterocycles. The average molecular weight is 485 g/mol. The van der Waals surface area contributed by atoms with E-state index in [0.29, 0.717) is 28.3 Å². The van der Waals surface area contributed by atoms with E-state index in [2.05, 4.69) is 19.4 Å². The van der Waals surface area contributed by atoms with Crippen LogP contribution in [0.1, 0.15) is 34.3 Å². The van der Waals surface area contributed by atoms with Crippen molar-refractivity contribution >= 4 is 29.8 Å². The second kappa shape index (κ2) is 11.1. The number of carbonyl (C=O) groups excluding carboxylic acids is 2. The standard InChI is InChI=1S/C25H19N5O6/c1-35-24(31)16(13-26)11-18-5-9-21(28-18)23(15-3-7-20(8-4-15)30(33)34)22-10-6-19(29-22)12-17(14-27)25(32)36-2/h3-12,23,28-29H,1-2H3. The third-order valence-electron chi connectivity index (χ3n) is 5.17. The number of nitriles is 2. The van der Waals surface area contributed by atoms with Gasteiger partial charge in [0.2, 0.25) is 0 Å². The number of nitrogens with zero attached hydrogens (tertiary/aromatic N) is 3. The van der Waals surface area contributed by atoms with E-state index < -0.39 is 22.8 Å². The smallest absolute Gasteiger partial charge is 0.348 e. The maximum Gasteiger partial charge on any atom is 0.348 e. The number of nitro benzene ring substituents is 1. The molecule has 180 valence electrons. The van der Waals surface area contributed by atoms with Crippen molar-refractivity contribution in [1.29, 1.82) is 10.5 Å². The van der Waals surface area contributed by atoms with Crippen LogP contribution < -0.4 is 0 Å². The molecule has 0 spiro atoms. The normalized spacial score (nSPS) is 12.2. The highest BCUT2D eigenvalue weighted by Gasteiger charge is 2.22. The van der Waals surface area contributed by atoms with E-state index >= 15 is 0 Å². The Labute approximate surface area is 205 Å². The monoisotopic (exact) mass is 485 g/mol. The molecule has 3 rings (SSSR count). The van der Waals surface area contributed by atoms with E-state index in [0.717, 1.165) is 0 Å². The van der Waals surface area contributed by atoms with Gasteiger partial charge < -0.3 is 19.4 Å². The lowest BCUT2D eigenvalue weighted by Crippen LogP contribution is -2.06. The third kappa shape index (κ3) is 5.55. The Morgan fingerprint density at radius 1 is 0.861 bits per heavy atom. The summed E-state index contributed by atoms with van der Waals surface area (Å²) in [6.45, 7) is 0. The lowest BCUT2D eigenvalue weighted by Gasteiger charge is -2.15. The van der Waals surface area contributed by atoms with Crippen molar-refractivity contribution in [3.8, 4) is 12.1 Å². The Morgan fingerprint density at radius 3 is 1.67 bits per heavy atom. The molecule has 1 aromatic carbocycles. The summed E-state index contributed by atoms with van der Waals surface area (Å²) >= 11 is 0. The van der Waals surface area contributed by atoms with E-state index in [4.69, 9.17) is 0 Å². The Bertz CT molecular complexity index is 1360. The summed E-state index contributed by atoms with van der Waals surface area (Å²) < 4.78 is 9.20. The number of non-ortho nitro benzene ring substituents is 1. The lowest BCUT2D eigenvalue weighted by molar-refractivity contribution is -0.384. The van der Waals surface area contributed by atoms with Gasteiger partial charge in [-0.15, -0.1) is 0 Å². The first-order chi connectivity index (χ1) is 17.3. The number of hydrogen-bond acceptors (Lipinski definition) is 8. The molecule has 0 unspecified atom stereocenters. The van der Waals surface area contributed by atoms with Crippen LogP contribution in [0.4, 0.5) is 5.69 Å². The molecular formula is C25H19N5O6. The maximum absolute atomic E-state index is 11.8. The molecule has 0 bridgehead atoms. The van der Waals surface area contributed by atoms with Gasteiger partial charge in [0.05, 0.1) is 25.1 Å². The van der Waals surface area contributed by atoms with Gasteiger partial charge in [-0.25, -0.2) is 9.59 Å². The van der Waals surface area contributed by atoms with Crippen LogP contribution in [0, 0.1) is 32.8 Å². The molecule has 2 heterocycles. The van der Waals surface area contributed by atoms with E-state index in [-0.39, 0.29) is 16.8 Å². The molecule has 0 aliphatic rings. The fourth-order valence-corrected chi connectivity index (χ4v) is 3.48. The van der Waals surface area contributed by atoms with Crippen LogP contribution in [0.5, 0.6) is 0 Å². The molecule has 0 amide bonds. The lowest BCUT2D eigenvalue weighted by atomic mass is 9.92. The zero-order valence-corrected chi connectivity index (χ0v) is 19.1. The molecule has 0 saturated heterocycles. The van der Waals surface area contributed by atoms with E-state index in [1.807, 2.05) is 0 Å². The first kappa shape index (κ1) is 25.2. The van der Waals surface area contributed by atoms with Crippen LogP contribution in [0.2, 0.25) is 0 Å². The van der Waals surface area contributed by atoms with Gasteiger partial charge in [0.15, 0.2) is 0 Å². The minimum Gasteiger partial charge on any atom is -0.465 e. The third-order valence-corrected chi connectivity index (χ3v) is 5.17. The molecule has 0 atom stereocenters. The summed E-state index contributed by atoms with van der Waals surface area (Å²) in [5.41, 5.74) is 2.43. The number of H-pyrrole nitrogens is 2. The van der Waals surface area contributed by atoms with Crippen molar-refractivity contribution in [3.63, 3.8) is 0 Å². The number of esters is 2. The van der Waals surface area contributed by atoms with E-state index in [1.54, 1.807) is 48.5 Å². The van der Waals surface area contributed by atoms with Gasteiger partial charge in [-0.2, -0.15) is 10.5 Å². The molecule has 11 heteroatoms. The summed E-state index contributed by atoms with van der Waals surface area (Å²) in [5, 5.41) is 29.6. The Morgan fingerprint density at radius 2 is 1.31 bits per heavy atom. The Kier molecular flexibility index (Phi) is 7.80. The van der Waals surface area contributed by atoms with Crippen LogP contribution >= 0.6 is 0 Å². The summed E-state index contributed by atoms with van der Waals surface area (Å²) in [4.78, 5) is 40.4. The molecule has 0 fully saturated rings. The van der Waals surface area contributed by atoms with E-state index in [1.165, 1.54) is 38.5 Å². The predicted molar refractivity (Wildman–Crippen MR) is 127 cm³/mol. The topological polar surface area (TPSA) is 175 Å². The second-order valence-electron chi connectivity index (χ2n) is 7.34. The molecule has 2 N–H and O–H groups in total. The van der Waals surface area contributed by atoms with Gasteiger partial charge in [-0.3, -0.25) is 10.1 Å². The number of aromatic amines is 2. The Hall–Kier alpha value is -5.42. The molecule has 3 aromatic rings. The number of benzene rings is 1.